The minimum absolute atomic E-state index is 0.00113. The van der Waals surface area contributed by atoms with Crippen LogP contribution in [0.2, 0.25) is 0 Å². The van der Waals surface area contributed by atoms with Gasteiger partial charge >= 0.3 is 6.09 Å². The lowest BCUT2D eigenvalue weighted by Gasteiger charge is -2.30. The number of carbonyl (C=O) groups excluding carboxylic acids is 4. The van der Waals surface area contributed by atoms with E-state index in [-0.39, 0.29) is 24.0 Å². The maximum atomic E-state index is 13.4. The zero-order valence-electron chi connectivity index (χ0n) is 19.5. The molecule has 32 heavy (non-hydrogen) atoms. The average Bonchev–Trinajstić information content (AvgIpc) is 3.16. The van der Waals surface area contributed by atoms with Crippen LogP contribution in [0.5, 0.6) is 0 Å². The van der Waals surface area contributed by atoms with Crippen molar-refractivity contribution in [3.63, 3.8) is 0 Å². The smallest absolute Gasteiger partial charge is 0.408 e. The van der Waals surface area contributed by atoms with Crippen molar-refractivity contribution in [1.29, 1.82) is 0 Å². The number of carbonyl (C=O) groups is 4. The first-order chi connectivity index (χ1) is 15.0. The molecule has 3 amide bonds. The van der Waals surface area contributed by atoms with Crippen LogP contribution in [0.3, 0.4) is 0 Å². The Labute approximate surface area is 190 Å². The van der Waals surface area contributed by atoms with E-state index in [0.717, 1.165) is 25.7 Å². The van der Waals surface area contributed by atoms with Crippen molar-refractivity contribution >= 4 is 23.7 Å². The van der Waals surface area contributed by atoms with Gasteiger partial charge < -0.3 is 20.7 Å². The van der Waals surface area contributed by atoms with Crippen molar-refractivity contribution in [2.45, 2.75) is 96.2 Å². The minimum Gasteiger partial charge on any atom is -0.444 e. The highest BCUT2D eigenvalue weighted by Gasteiger charge is 2.59. The van der Waals surface area contributed by atoms with Crippen LogP contribution in [0, 0.1) is 11.3 Å². The Morgan fingerprint density at radius 3 is 2.59 bits per heavy atom. The predicted octanol–water partition coefficient (Wildman–Crippen LogP) is 2.84. The molecule has 2 fully saturated rings. The van der Waals surface area contributed by atoms with Crippen molar-refractivity contribution < 1.29 is 23.9 Å². The minimum atomic E-state index is -0.820. The quantitative estimate of drug-likeness (QED) is 0.631. The predicted molar refractivity (Wildman–Crippen MR) is 119 cm³/mol. The normalized spacial score (nSPS) is 32.7. The first-order valence-corrected chi connectivity index (χ1v) is 11.8. The number of rotatable bonds is 2. The molecular formula is C24H37N3O5. The Morgan fingerprint density at radius 1 is 1.16 bits per heavy atom. The van der Waals surface area contributed by atoms with Crippen molar-refractivity contribution in [3.05, 3.63) is 12.2 Å². The number of allylic oxidation sites excluding steroid dienone is 2. The Balaban J connectivity index is 1.79. The third kappa shape index (κ3) is 5.70. The van der Waals surface area contributed by atoms with E-state index in [1.165, 1.54) is 0 Å². The Hall–Kier alpha value is -2.38. The molecule has 1 aliphatic carbocycles. The number of Topliss-reactive ketones (excluding diaryl/α,β-unsaturated/α-hetero) is 1. The fourth-order valence-electron chi connectivity index (χ4n) is 4.91. The molecule has 4 atom stereocenters. The maximum Gasteiger partial charge on any atom is 0.408 e. The number of ether oxygens (including phenoxy) is 1. The van der Waals surface area contributed by atoms with E-state index in [1.807, 2.05) is 6.08 Å². The van der Waals surface area contributed by atoms with Gasteiger partial charge in [-0.15, -0.1) is 0 Å². The standard InChI is InChI=1S/C24H37N3O5/c1-23(2,3)32-22(31)26-17-11-8-6-4-5-7-10-16-14-24(16,21(25)30)15-19(28)18-12-9-13-27(18)20(17)29/h7,10,16-18H,4-6,8-9,11-15H2,1-3H3,(H2,25,30)(H,26,31)/b10-7-/t16-,17+,18+,24-/m1/s1. The van der Waals surface area contributed by atoms with E-state index in [4.69, 9.17) is 10.5 Å². The highest BCUT2D eigenvalue weighted by Crippen LogP contribution is 2.56. The molecule has 1 saturated heterocycles. The molecule has 0 aromatic rings. The van der Waals surface area contributed by atoms with Gasteiger partial charge in [-0.25, -0.2) is 4.79 Å². The number of hydrogen-bond donors (Lipinski definition) is 2. The molecule has 0 aromatic heterocycles. The summed E-state index contributed by atoms with van der Waals surface area (Å²) in [5.41, 5.74) is 4.20. The van der Waals surface area contributed by atoms with Gasteiger partial charge in [0.1, 0.15) is 11.6 Å². The molecule has 2 heterocycles. The van der Waals surface area contributed by atoms with Crippen LogP contribution in [0.15, 0.2) is 12.2 Å². The summed E-state index contributed by atoms with van der Waals surface area (Å²) in [6, 6.07) is -1.31. The fourth-order valence-corrected chi connectivity index (χ4v) is 4.91. The van der Waals surface area contributed by atoms with Crippen molar-refractivity contribution in [2.24, 2.45) is 17.1 Å². The largest absolute Gasteiger partial charge is 0.444 e. The molecule has 0 aromatic carbocycles. The lowest BCUT2D eigenvalue weighted by atomic mass is 9.91. The number of alkyl carbamates (subject to hydrolysis) is 1. The number of ketones is 1. The number of primary amides is 1. The molecule has 3 rings (SSSR count). The Morgan fingerprint density at radius 2 is 1.91 bits per heavy atom. The van der Waals surface area contributed by atoms with Crippen LogP contribution in [-0.2, 0) is 19.1 Å². The topological polar surface area (TPSA) is 119 Å². The van der Waals surface area contributed by atoms with E-state index >= 15 is 0 Å². The molecule has 0 unspecified atom stereocenters. The molecule has 2 aliphatic heterocycles. The second-order valence-corrected chi connectivity index (χ2v) is 10.4. The van der Waals surface area contributed by atoms with E-state index in [9.17, 15) is 19.2 Å². The van der Waals surface area contributed by atoms with Crippen LogP contribution in [0.1, 0.15) is 78.6 Å². The second-order valence-electron chi connectivity index (χ2n) is 10.4. The summed E-state index contributed by atoms with van der Waals surface area (Å²) < 4.78 is 5.36. The average molecular weight is 448 g/mol. The summed E-state index contributed by atoms with van der Waals surface area (Å²) in [7, 11) is 0. The third-order valence-electron chi connectivity index (χ3n) is 6.74. The van der Waals surface area contributed by atoms with Crippen molar-refractivity contribution in [2.75, 3.05) is 6.54 Å². The zero-order valence-corrected chi connectivity index (χ0v) is 19.5. The van der Waals surface area contributed by atoms with E-state index in [0.29, 0.717) is 32.2 Å². The van der Waals surface area contributed by atoms with Crippen LogP contribution in [0.25, 0.3) is 0 Å². The molecule has 8 nitrogen and oxygen atoms in total. The Bertz CT molecular complexity index is 787. The van der Waals surface area contributed by atoms with Crippen LogP contribution < -0.4 is 11.1 Å². The van der Waals surface area contributed by atoms with Gasteiger partial charge in [-0.3, -0.25) is 14.4 Å². The summed E-state index contributed by atoms with van der Waals surface area (Å²) in [5.74, 6) is -0.803. The number of nitrogens with two attached hydrogens (primary N) is 1. The van der Waals surface area contributed by atoms with Gasteiger partial charge in [-0.05, 0) is 65.2 Å². The molecule has 0 bridgehead atoms. The number of hydrogen-bond acceptors (Lipinski definition) is 5. The van der Waals surface area contributed by atoms with Crippen LogP contribution >= 0.6 is 0 Å². The molecule has 1 saturated carbocycles. The summed E-state index contributed by atoms with van der Waals surface area (Å²) in [6.07, 6.45) is 9.42. The van der Waals surface area contributed by atoms with Gasteiger partial charge in [0.25, 0.3) is 0 Å². The van der Waals surface area contributed by atoms with Crippen molar-refractivity contribution in [3.8, 4) is 0 Å². The summed E-state index contributed by atoms with van der Waals surface area (Å²) >= 11 is 0. The van der Waals surface area contributed by atoms with Crippen LogP contribution in [-0.4, -0.2) is 52.8 Å². The highest BCUT2D eigenvalue weighted by atomic mass is 16.6. The van der Waals surface area contributed by atoms with Crippen molar-refractivity contribution in [1.82, 2.24) is 10.2 Å². The maximum absolute atomic E-state index is 13.4. The van der Waals surface area contributed by atoms with Gasteiger partial charge in [0.05, 0.1) is 11.5 Å². The monoisotopic (exact) mass is 447 g/mol. The van der Waals surface area contributed by atoms with E-state index < -0.39 is 35.1 Å². The lowest BCUT2D eigenvalue weighted by molar-refractivity contribution is -0.140. The molecule has 178 valence electrons. The number of nitrogens with zero attached hydrogens (tertiary/aromatic N) is 1. The molecule has 0 spiro atoms. The molecule has 3 N–H and O–H groups in total. The molecule has 3 aliphatic rings. The fraction of sp³-hybridized carbons (Fsp3) is 0.750. The lowest BCUT2D eigenvalue weighted by Crippen LogP contribution is -2.52. The van der Waals surface area contributed by atoms with Crippen LogP contribution in [0.4, 0.5) is 4.79 Å². The SMILES string of the molecule is CC(C)(C)OC(=O)N[C@H]1CCCCC/C=C\[C@@H]2C[C@@]2(C(N)=O)CC(=O)[C@@H]2CCCN2C1=O. The van der Waals surface area contributed by atoms with Gasteiger partial charge in [-0.1, -0.05) is 25.0 Å². The summed E-state index contributed by atoms with van der Waals surface area (Å²) in [6.45, 7) is 5.78. The van der Waals surface area contributed by atoms with E-state index in [1.54, 1.807) is 25.7 Å². The zero-order chi connectivity index (χ0) is 23.5. The summed E-state index contributed by atoms with van der Waals surface area (Å²) in [5, 5.41) is 2.74. The molecular weight excluding hydrogens is 410 g/mol. The number of fused-ring (bicyclic) bond motifs is 2. The summed E-state index contributed by atoms with van der Waals surface area (Å²) in [4.78, 5) is 52.8. The molecule has 8 heteroatoms. The number of amides is 3. The second kappa shape index (κ2) is 9.63. The Kier molecular flexibility index (Phi) is 7.30. The van der Waals surface area contributed by atoms with Gasteiger partial charge in [0, 0.05) is 13.0 Å². The van der Waals surface area contributed by atoms with Gasteiger partial charge in [-0.2, -0.15) is 0 Å². The first-order valence-electron chi connectivity index (χ1n) is 11.8. The third-order valence-corrected chi connectivity index (χ3v) is 6.74. The first kappa shape index (κ1) is 24.3. The van der Waals surface area contributed by atoms with E-state index in [2.05, 4.69) is 11.4 Å². The molecule has 0 radical (unpaired) electrons. The van der Waals surface area contributed by atoms with Gasteiger partial charge in [0.2, 0.25) is 11.8 Å². The highest BCUT2D eigenvalue weighted by molar-refractivity contribution is 5.97. The number of nitrogens with one attached hydrogen (secondary N) is 1. The van der Waals surface area contributed by atoms with Gasteiger partial charge in [0.15, 0.2) is 5.78 Å².